The van der Waals surface area contributed by atoms with Gasteiger partial charge >= 0.3 is 0 Å². The number of piperidine rings is 1. The zero-order chi connectivity index (χ0) is 16.9. The van der Waals surface area contributed by atoms with Crippen molar-refractivity contribution < 1.29 is 4.79 Å². The molecule has 1 aromatic heterocycles. The van der Waals surface area contributed by atoms with Crippen molar-refractivity contribution in [1.29, 1.82) is 0 Å². The van der Waals surface area contributed by atoms with Crippen molar-refractivity contribution in [3.63, 3.8) is 0 Å². The Balaban J connectivity index is 1.60. The number of likely N-dealkylation sites (tertiary alicyclic amines) is 1. The van der Waals surface area contributed by atoms with Gasteiger partial charge in [-0.25, -0.2) is 0 Å². The third-order valence-corrected chi connectivity index (χ3v) is 5.50. The molecular weight excluding hydrogens is 296 g/mol. The second-order valence-corrected chi connectivity index (χ2v) is 7.24. The quantitative estimate of drug-likeness (QED) is 0.686. The minimum atomic E-state index is 0.154. The Labute approximate surface area is 145 Å². The number of ketones is 1. The SMILES string of the molecule is CCCCC1CCN(CCn2cc(C(C)=O)c3ccccc32)CC1. The fourth-order valence-electron chi connectivity index (χ4n) is 3.95. The van der Waals surface area contributed by atoms with Gasteiger partial charge in [0.1, 0.15) is 0 Å². The molecule has 0 amide bonds. The predicted molar refractivity (Wildman–Crippen MR) is 101 cm³/mol. The van der Waals surface area contributed by atoms with Crippen LogP contribution >= 0.6 is 0 Å². The molecule has 0 saturated carbocycles. The third kappa shape index (κ3) is 3.89. The number of hydrogen-bond acceptors (Lipinski definition) is 2. The van der Waals surface area contributed by atoms with E-state index in [0.29, 0.717) is 0 Å². The third-order valence-electron chi connectivity index (χ3n) is 5.50. The molecular formula is C21H30N2O. The van der Waals surface area contributed by atoms with E-state index in [2.05, 4.69) is 34.6 Å². The van der Waals surface area contributed by atoms with E-state index in [0.717, 1.165) is 30.0 Å². The summed E-state index contributed by atoms with van der Waals surface area (Å²) < 4.78 is 2.26. The van der Waals surface area contributed by atoms with Gasteiger partial charge in [0.05, 0.1) is 0 Å². The summed E-state index contributed by atoms with van der Waals surface area (Å²) in [5, 5.41) is 1.09. The highest BCUT2D eigenvalue weighted by Gasteiger charge is 2.19. The van der Waals surface area contributed by atoms with E-state index in [-0.39, 0.29) is 5.78 Å². The molecule has 3 nitrogen and oxygen atoms in total. The van der Waals surface area contributed by atoms with Crippen LogP contribution in [-0.4, -0.2) is 34.9 Å². The van der Waals surface area contributed by atoms with Gasteiger partial charge in [0, 0.05) is 35.8 Å². The Morgan fingerprint density at radius 1 is 1.17 bits per heavy atom. The molecule has 0 radical (unpaired) electrons. The van der Waals surface area contributed by atoms with Crippen LogP contribution in [0.5, 0.6) is 0 Å². The number of Topliss-reactive ketones (excluding diaryl/α,β-unsaturated/α-hetero) is 1. The summed E-state index contributed by atoms with van der Waals surface area (Å²) in [6.07, 6.45) is 8.86. The standard InChI is InChI=1S/C21H30N2O/c1-3-4-7-18-10-12-22(13-11-18)14-15-23-16-20(17(2)24)19-8-5-6-9-21(19)23/h5-6,8-9,16,18H,3-4,7,10-15H2,1-2H3. The summed E-state index contributed by atoms with van der Waals surface area (Å²) in [5.74, 6) is 1.10. The molecule has 0 atom stereocenters. The highest BCUT2D eigenvalue weighted by Crippen LogP contribution is 2.24. The van der Waals surface area contributed by atoms with E-state index >= 15 is 0 Å². The van der Waals surface area contributed by atoms with Crippen molar-refractivity contribution in [3.8, 4) is 0 Å². The average molecular weight is 326 g/mol. The zero-order valence-corrected chi connectivity index (χ0v) is 15.1. The molecule has 2 aromatic rings. The number of nitrogens with zero attached hydrogens (tertiary/aromatic N) is 2. The summed E-state index contributed by atoms with van der Waals surface area (Å²) in [6.45, 7) is 8.45. The van der Waals surface area contributed by atoms with E-state index in [1.807, 2.05) is 12.3 Å². The molecule has 1 aliphatic rings. The average Bonchev–Trinajstić information content (AvgIpc) is 2.98. The maximum absolute atomic E-state index is 11.9. The lowest BCUT2D eigenvalue weighted by molar-refractivity contribution is 0.101. The fraction of sp³-hybridized carbons (Fsp3) is 0.571. The summed E-state index contributed by atoms with van der Waals surface area (Å²) >= 11 is 0. The first-order valence-corrected chi connectivity index (χ1v) is 9.50. The van der Waals surface area contributed by atoms with Crippen LogP contribution in [0.1, 0.15) is 56.3 Å². The normalized spacial score (nSPS) is 16.8. The first kappa shape index (κ1) is 17.2. The van der Waals surface area contributed by atoms with Gasteiger partial charge in [-0.2, -0.15) is 0 Å². The summed E-state index contributed by atoms with van der Waals surface area (Å²) in [6, 6.07) is 8.25. The van der Waals surface area contributed by atoms with E-state index in [1.165, 1.54) is 50.7 Å². The van der Waals surface area contributed by atoms with E-state index in [1.54, 1.807) is 6.92 Å². The molecule has 1 aromatic carbocycles. The second kappa shape index (κ2) is 7.98. The molecule has 1 fully saturated rings. The maximum atomic E-state index is 11.9. The van der Waals surface area contributed by atoms with Crippen molar-refractivity contribution in [2.75, 3.05) is 19.6 Å². The molecule has 0 aliphatic carbocycles. The molecule has 1 aliphatic heterocycles. The Bertz CT molecular complexity index is 680. The van der Waals surface area contributed by atoms with E-state index in [9.17, 15) is 4.79 Å². The Morgan fingerprint density at radius 3 is 2.62 bits per heavy atom. The lowest BCUT2D eigenvalue weighted by Gasteiger charge is -2.32. The minimum Gasteiger partial charge on any atom is -0.345 e. The van der Waals surface area contributed by atoms with Crippen LogP contribution in [0, 0.1) is 5.92 Å². The van der Waals surface area contributed by atoms with E-state index < -0.39 is 0 Å². The first-order chi connectivity index (χ1) is 11.7. The Morgan fingerprint density at radius 2 is 1.92 bits per heavy atom. The van der Waals surface area contributed by atoms with Crippen molar-refractivity contribution in [2.24, 2.45) is 5.92 Å². The summed E-state index contributed by atoms with van der Waals surface area (Å²) in [4.78, 5) is 14.5. The Kier molecular flexibility index (Phi) is 5.72. The zero-order valence-electron chi connectivity index (χ0n) is 15.1. The number of aromatic nitrogens is 1. The molecule has 1 saturated heterocycles. The highest BCUT2D eigenvalue weighted by molar-refractivity contribution is 6.06. The lowest BCUT2D eigenvalue weighted by atomic mass is 9.92. The number of hydrogen-bond donors (Lipinski definition) is 0. The molecule has 3 heteroatoms. The van der Waals surface area contributed by atoms with Crippen LogP contribution in [0.2, 0.25) is 0 Å². The highest BCUT2D eigenvalue weighted by atomic mass is 16.1. The molecule has 0 N–H and O–H groups in total. The minimum absolute atomic E-state index is 0.154. The van der Waals surface area contributed by atoms with Gasteiger partial charge in [0.25, 0.3) is 0 Å². The number of unbranched alkanes of at least 4 members (excludes halogenated alkanes) is 1. The van der Waals surface area contributed by atoms with Crippen molar-refractivity contribution in [3.05, 3.63) is 36.0 Å². The monoisotopic (exact) mass is 326 g/mol. The van der Waals surface area contributed by atoms with Crippen LogP contribution in [0.4, 0.5) is 0 Å². The van der Waals surface area contributed by atoms with Crippen molar-refractivity contribution >= 4 is 16.7 Å². The number of carbonyl (C=O) groups excluding carboxylic acids is 1. The molecule has 24 heavy (non-hydrogen) atoms. The predicted octanol–water partition coefficient (Wildman–Crippen LogP) is 4.75. The summed E-state index contributed by atoms with van der Waals surface area (Å²) in [7, 11) is 0. The number of carbonyl (C=O) groups is 1. The number of para-hydroxylation sites is 1. The van der Waals surface area contributed by atoms with E-state index in [4.69, 9.17) is 0 Å². The van der Waals surface area contributed by atoms with Crippen LogP contribution in [0.15, 0.2) is 30.5 Å². The van der Waals surface area contributed by atoms with Gasteiger partial charge in [-0.15, -0.1) is 0 Å². The fourth-order valence-corrected chi connectivity index (χ4v) is 3.95. The van der Waals surface area contributed by atoms with Crippen molar-refractivity contribution in [1.82, 2.24) is 9.47 Å². The molecule has 3 rings (SSSR count). The number of fused-ring (bicyclic) bond motifs is 1. The van der Waals surface area contributed by atoms with Crippen LogP contribution in [0.3, 0.4) is 0 Å². The van der Waals surface area contributed by atoms with Gasteiger partial charge in [0.15, 0.2) is 5.78 Å². The number of rotatable bonds is 7. The topological polar surface area (TPSA) is 25.2 Å². The van der Waals surface area contributed by atoms with Crippen molar-refractivity contribution in [2.45, 2.75) is 52.5 Å². The number of benzene rings is 1. The van der Waals surface area contributed by atoms with Gasteiger partial charge in [-0.3, -0.25) is 4.79 Å². The van der Waals surface area contributed by atoms with Gasteiger partial charge in [-0.1, -0.05) is 44.4 Å². The molecule has 0 spiro atoms. The van der Waals surface area contributed by atoms with Crippen LogP contribution in [-0.2, 0) is 6.54 Å². The smallest absolute Gasteiger partial charge is 0.161 e. The van der Waals surface area contributed by atoms with Gasteiger partial charge < -0.3 is 9.47 Å². The van der Waals surface area contributed by atoms with Crippen LogP contribution < -0.4 is 0 Å². The Hall–Kier alpha value is -1.61. The maximum Gasteiger partial charge on any atom is 0.161 e. The molecule has 0 bridgehead atoms. The second-order valence-electron chi connectivity index (χ2n) is 7.24. The molecule has 0 unspecified atom stereocenters. The summed E-state index contributed by atoms with van der Waals surface area (Å²) in [5.41, 5.74) is 2.03. The lowest BCUT2D eigenvalue weighted by Crippen LogP contribution is -2.35. The molecule has 2 heterocycles. The van der Waals surface area contributed by atoms with Crippen LogP contribution in [0.25, 0.3) is 10.9 Å². The van der Waals surface area contributed by atoms with Gasteiger partial charge in [0.2, 0.25) is 0 Å². The first-order valence-electron chi connectivity index (χ1n) is 9.50. The largest absolute Gasteiger partial charge is 0.345 e. The molecule has 130 valence electrons. The van der Waals surface area contributed by atoms with Gasteiger partial charge in [-0.05, 0) is 44.8 Å².